The van der Waals surface area contributed by atoms with Gasteiger partial charge in [0.25, 0.3) is 0 Å². The molecule has 0 saturated carbocycles. The molecule has 1 amide bonds. The third-order valence-electron chi connectivity index (χ3n) is 9.09. The zero-order valence-electron chi connectivity index (χ0n) is 23.1. The van der Waals surface area contributed by atoms with Gasteiger partial charge in [0.2, 0.25) is 12.7 Å². The minimum atomic E-state index is -0.864. The van der Waals surface area contributed by atoms with Crippen LogP contribution in [0.5, 0.6) is 28.7 Å². The molecule has 1 saturated heterocycles. The van der Waals surface area contributed by atoms with Crippen LogP contribution in [0.25, 0.3) is 0 Å². The van der Waals surface area contributed by atoms with Crippen LogP contribution in [0.2, 0.25) is 0 Å². The molecule has 2 aromatic carbocycles. The number of nitrogens with zero attached hydrogens (tertiary/aromatic N) is 2. The van der Waals surface area contributed by atoms with Gasteiger partial charge >= 0.3 is 0 Å². The number of piperazine rings is 1. The summed E-state index contributed by atoms with van der Waals surface area (Å²) in [6, 6.07) is 0.716. The number of fused-ring (bicyclic) bond motifs is 9. The number of phenolic OH excluding ortho intramolecular Hbond substituents is 2. The number of hydrogen-bond acceptors (Lipinski definition) is 9. The number of aryl methyl sites for hydroxylation is 1. The molecular weight excluding hydrogens is 502 g/mol. The lowest BCUT2D eigenvalue weighted by Crippen LogP contribution is -2.69. The van der Waals surface area contributed by atoms with Crippen LogP contribution in [-0.4, -0.2) is 76.8 Å². The van der Waals surface area contributed by atoms with E-state index in [2.05, 4.69) is 15.1 Å². The first kappa shape index (κ1) is 26.0. The standard InChI is InChI=1S/C29H37N3O7/c1-6-7-20(33)30-11-19-22-16(24(34)14(3)27-28(22)39-12-38-27)10-17-23-21-15(8-13(2)26(37-5)25(21)35)9-18(31(23)4)29(36)32(17)19/h8,17-19,23,29,34-36H,6-7,9-12H2,1-5H3,(H,30,33)/t17?,18-,19-,23-,29-/m0/s1. The number of hydrogen-bond donors (Lipinski definition) is 4. The topological polar surface area (TPSA) is 124 Å². The highest BCUT2D eigenvalue weighted by molar-refractivity contribution is 5.76. The number of phenols is 2. The number of rotatable bonds is 5. The Morgan fingerprint density at radius 3 is 2.59 bits per heavy atom. The number of nitrogens with one attached hydrogen (secondary N) is 1. The van der Waals surface area contributed by atoms with Crippen LogP contribution < -0.4 is 19.5 Å². The summed E-state index contributed by atoms with van der Waals surface area (Å²) in [5.41, 5.74) is 4.68. The number of aromatic hydroxyl groups is 2. The SMILES string of the molecule is CCCC(=O)NC[C@H]1c2c(c(O)c(C)c3c2OCO3)CC2[C@H]3c4c(cc(C)c(OC)c4O)C[C@@H]([C@H](O)N21)N3C. The number of likely N-dealkylation sites (N-methyl/N-ethyl adjacent to an activating group) is 1. The lowest BCUT2D eigenvalue weighted by molar-refractivity contribution is -0.172. The van der Waals surface area contributed by atoms with Crippen molar-refractivity contribution >= 4 is 5.91 Å². The van der Waals surface area contributed by atoms with Gasteiger partial charge in [0.1, 0.15) is 12.0 Å². The second-order valence-electron chi connectivity index (χ2n) is 11.2. The Morgan fingerprint density at radius 1 is 1.13 bits per heavy atom. The van der Waals surface area contributed by atoms with Gasteiger partial charge in [-0.15, -0.1) is 0 Å². The van der Waals surface area contributed by atoms with Gasteiger partial charge in [0, 0.05) is 41.3 Å². The van der Waals surface area contributed by atoms with Crippen LogP contribution in [0.3, 0.4) is 0 Å². The van der Waals surface area contributed by atoms with Crippen LogP contribution in [0.15, 0.2) is 6.07 Å². The predicted octanol–water partition coefficient (Wildman–Crippen LogP) is 2.57. The molecule has 0 aliphatic carbocycles. The first-order valence-electron chi connectivity index (χ1n) is 13.7. The Balaban J connectivity index is 1.54. The maximum Gasteiger partial charge on any atom is 0.231 e. The zero-order valence-corrected chi connectivity index (χ0v) is 23.1. The lowest BCUT2D eigenvalue weighted by atomic mass is 9.73. The molecule has 1 unspecified atom stereocenters. The molecule has 10 heteroatoms. The number of carbonyl (C=O) groups excluding carboxylic acids is 1. The summed E-state index contributed by atoms with van der Waals surface area (Å²) in [4.78, 5) is 16.8. The molecule has 2 bridgehead atoms. The number of methoxy groups -OCH3 is 1. The molecule has 4 aliphatic rings. The molecule has 1 fully saturated rings. The second-order valence-corrected chi connectivity index (χ2v) is 11.2. The highest BCUT2D eigenvalue weighted by Crippen LogP contribution is 2.57. The molecule has 0 aromatic heterocycles. The van der Waals surface area contributed by atoms with Crippen molar-refractivity contribution in [2.45, 2.75) is 76.8 Å². The Labute approximate surface area is 228 Å². The summed E-state index contributed by atoms with van der Waals surface area (Å²) in [5, 5.41) is 37.9. The zero-order chi connectivity index (χ0) is 27.7. The molecule has 6 rings (SSSR count). The summed E-state index contributed by atoms with van der Waals surface area (Å²) in [5.74, 6) is 1.69. The monoisotopic (exact) mass is 539 g/mol. The molecule has 5 atom stereocenters. The Bertz CT molecular complexity index is 1350. The number of aliphatic hydroxyl groups is 1. The summed E-state index contributed by atoms with van der Waals surface area (Å²) >= 11 is 0. The minimum absolute atomic E-state index is 0.0430. The molecule has 2 aromatic rings. The molecule has 4 heterocycles. The minimum Gasteiger partial charge on any atom is -0.507 e. The van der Waals surface area contributed by atoms with Crippen LogP contribution in [0, 0.1) is 13.8 Å². The molecular formula is C29H37N3O7. The fraction of sp³-hybridized carbons (Fsp3) is 0.552. The Morgan fingerprint density at radius 2 is 1.87 bits per heavy atom. The van der Waals surface area contributed by atoms with Gasteiger partial charge in [-0.3, -0.25) is 14.6 Å². The summed E-state index contributed by atoms with van der Waals surface area (Å²) < 4.78 is 17.3. The fourth-order valence-corrected chi connectivity index (χ4v) is 7.38. The quantitative estimate of drug-likeness (QED) is 0.454. The first-order valence-corrected chi connectivity index (χ1v) is 13.7. The van der Waals surface area contributed by atoms with Gasteiger partial charge in [0.15, 0.2) is 23.0 Å². The largest absolute Gasteiger partial charge is 0.507 e. The second kappa shape index (κ2) is 9.46. The predicted molar refractivity (Wildman–Crippen MR) is 142 cm³/mol. The van der Waals surface area contributed by atoms with Gasteiger partial charge in [0.05, 0.1) is 25.2 Å². The molecule has 4 aliphatic heterocycles. The van der Waals surface area contributed by atoms with Crippen LogP contribution >= 0.6 is 0 Å². The van der Waals surface area contributed by atoms with Crippen molar-refractivity contribution in [3.63, 3.8) is 0 Å². The third-order valence-corrected chi connectivity index (χ3v) is 9.09. The van der Waals surface area contributed by atoms with E-state index in [1.807, 2.05) is 27.0 Å². The maximum absolute atomic E-state index is 12.6. The molecule has 0 spiro atoms. The average molecular weight is 540 g/mol. The van der Waals surface area contributed by atoms with Crippen molar-refractivity contribution in [3.8, 4) is 28.7 Å². The van der Waals surface area contributed by atoms with Gasteiger partial charge in [-0.05, 0) is 51.3 Å². The number of aliphatic hydroxyl groups excluding tert-OH is 1. The van der Waals surface area contributed by atoms with Crippen molar-refractivity contribution in [1.82, 2.24) is 15.1 Å². The molecule has 39 heavy (non-hydrogen) atoms. The van der Waals surface area contributed by atoms with E-state index in [9.17, 15) is 20.1 Å². The number of benzene rings is 2. The summed E-state index contributed by atoms with van der Waals surface area (Å²) in [6.07, 6.45) is 1.21. The van der Waals surface area contributed by atoms with Crippen molar-refractivity contribution in [2.75, 3.05) is 27.5 Å². The van der Waals surface area contributed by atoms with Crippen molar-refractivity contribution in [2.24, 2.45) is 0 Å². The van der Waals surface area contributed by atoms with Crippen LogP contribution in [-0.2, 0) is 17.6 Å². The fourth-order valence-electron chi connectivity index (χ4n) is 7.38. The van der Waals surface area contributed by atoms with E-state index >= 15 is 0 Å². The highest BCUT2D eigenvalue weighted by atomic mass is 16.7. The van der Waals surface area contributed by atoms with E-state index in [0.29, 0.717) is 42.1 Å². The molecule has 4 N–H and O–H groups in total. The average Bonchev–Trinajstić information content (AvgIpc) is 3.39. The Kier molecular flexibility index (Phi) is 6.32. The van der Waals surface area contributed by atoms with Gasteiger partial charge < -0.3 is 34.8 Å². The van der Waals surface area contributed by atoms with Crippen LogP contribution in [0.1, 0.15) is 65.2 Å². The number of amides is 1. The normalized spacial score (nSPS) is 27.0. The smallest absolute Gasteiger partial charge is 0.231 e. The molecule has 10 nitrogen and oxygen atoms in total. The van der Waals surface area contributed by atoms with Gasteiger partial charge in [-0.25, -0.2) is 0 Å². The van der Waals surface area contributed by atoms with E-state index in [4.69, 9.17) is 14.2 Å². The number of ether oxygens (including phenoxy) is 3. The van der Waals surface area contributed by atoms with E-state index in [0.717, 1.165) is 34.2 Å². The van der Waals surface area contributed by atoms with Crippen molar-refractivity contribution in [1.29, 1.82) is 0 Å². The lowest BCUT2D eigenvalue weighted by Gasteiger charge is -2.60. The molecule has 0 radical (unpaired) electrons. The van der Waals surface area contributed by atoms with E-state index in [1.54, 1.807) is 14.0 Å². The third kappa shape index (κ3) is 3.68. The van der Waals surface area contributed by atoms with Crippen molar-refractivity contribution < 1.29 is 34.3 Å². The molecule has 210 valence electrons. The van der Waals surface area contributed by atoms with Crippen LogP contribution in [0.4, 0.5) is 0 Å². The van der Waals surface area contributed by atoms with Gasteiger partial charge in [-0.1, -0.05) is 13.0 Å². The van der Waals surface area contributed by atoms with E-state index in [-0.39, 0.29) is 48.9 Å². The van der Waals surface area contributed by atoms with Gasteiger partial charge in [-0.2, -0.15) is 0 Å². The highest BCUT2D eigenvalue weighted by Gasteiger charge is 2.56. The Hall–Kier alpha value is -3.21. The summed E-state index contributed by atoms with van der Waals surface area (Å²) in [7, 11) is 3.53. The first-order chi connectivity index (χ1) is 18.7. The van der Waals surface area contributed by atoms with E-state index in [1.165, 1.54) is 0 Å². The van der Waals surface area contributed by atoms with E-state index < -0.39 is 12.3 Å². The van der Waals surface area contributed by atoms with Crippen molar-refractivity contribution in [3.05, 3.63) is 39.4 Å². The number of carbonyl (C=O) groups is 1. The summed E-state index contributed by atoms with van der Waals surface area (Å²) in [6.45, 7) is 5.94. The maximum atomic E-state index is 12.6.